The normalized spacial score (nSPS) is 25.9. The largest absolute Gasteiger partial charge is 0.462 e. The molecule has 0 aliphatic carbocycles. The lowest BCUT2D eigenvalue weighted by Crippen LogP contribution is -2.63. The highest BCUT2D eigenvalue weighted by molar-refractivity contribution is 5.88. The first-order chi connectivity index (χ1) is 35.8. The number of nitrogens with one attached hydrogen (secondary N) is 2. The van der Waals surface area contributed by atoms with E-state index in [2.05, 4.69) is 31.4 Å². The summed E-state index contributed by atoms with van der Waals surface area (Å²) in [5.74, 6) is -4.43. The average molecular weight is 1080 g/mol. The van der Waals surface area contributed by atoms with Crippen molar-refractivity contribution < 1.29 is 87.8 Å². The van der Waals surface area contributed by atoms with E-state index in [4.69, 9.17) is 33.2 Å². The zero-order valence-electron chi connectivity index (χ0n) is 46.7. The van der Waals surface area contributed by atoms with E-state index in [0.717, 1.165) is 83.5 Å². The summed E-state index contributed by atoms with van der Waals surface area (Å²) in [6, 6.07) is -1.84. The van der Waals surface area contributed by atoms with E-state index >= 15 is 0 Å². The molecular weight excluding hydrogens is 977 g/mol. The van der Waals surface area contributed by atoms with E-state index < -0.39 is 134 Å². The third-order valence-electron chi connectivity index (χ3n) is 14.0. The van der Waals surface area contributed by atoms with E-state index in [1.807, 2.05) is 13.8 Å². The predicted molar refractivity (Wildman–Crippen MR) is 278 cm³/mol. The Bertz CT molecular complexity index is 1590. The van der Waals surface area contributed by atoms with Crippen molar-refractivity contribution in [3.63, 3.8) is 0 Å². The van der Waals surface area contributed by atoms with E-state index in [-0.39, 0.29) is 38.4 Å². The van der Waals surface area contributed by atoms with Crippen LogP contribution in [0.25, 0.3) is 0 Å². The van der Waals surface area contributed by atoms with Gasteiger partial charge in [-0.3, -0.25) is 24.0 Å². The van der Waals surface area contributed by atoms with Crippen LogP contribution in [0.1, 0.15) is 197 Å². The maximum atomic E-state index is 14.0. The molecule has 20 heteroatoms. The molecule has 2 aliphatic rings. The van der Waals surface area contributed by atoms with Crippen molar-refractivity contribution >= 4 is 29.7 Å². The molecule has 0 aromatic heterocycles. The zero-order valence-corrected chi connectivity index (χ0v) is 46.7. The maximum Gasteiger partial charge on any atom is 0.309 e. The molecule has 2 aliphatic heterocycles. The molecule has 2 saturated heterocycles. The molecule has 2 amide bonds. The van der Waals surface area contributed by atoms with Crippen LogP contribution in [0, 0.1) is 17.8 Å². The van der Waals surface area contributed by atoms with Crippen molar-refractivity contribution in [1.82, 2.24) is 10.6 Å². The van der Waals surface area contributed by atoms with Gasteiger partial charge in [0.1, 0.15) is 48.8 Å². The van der Waals surface area contributed by atoms with Gasteiger partial charge in [-0.15, -0.1) is 0 Å². The summed E-state index contributed by atoms with van der Waals surface area (Å²) >= 11 is 0. The molecule has 0 saturated carbocycles. The second-order valence-electron chi connectivity index (χ2n) is 21.4. The monoisotopic (exact) mass is 1080 g/mol. The minimum atomic E-state index is -1.59. The fourth-order valence-electron chi connectivity index (χ4n) is 9.65. The lowest BCUT2D eigenvalue weighted by atomic mass is 9.91. The van der Waals surface area contributed by atoms with Gasteiger partial charge < -0.3 is 74.4 Å². The van der Waals surface area contributed by atoms with Gasteiger partial charge in [0.15, 0.2) is 12.6 Å². The number of rotatable bonds is 40. The standard InChI is InChI=1S/C55H100N2O18/c1-9-12-15-18-21-24-39(34-69-55-50(67)52(49(66)37(7)71-55)75-54-43(32-59)51(72-38(8)61)48(65)36(6)70-54)28-46(63)74-42(26-23-20-17-14-11-3)30-47(64)73-41(25-22-19-16-13-10-2)29-45(62)57-44(33-60)53(68)56-40(31-58)27-35(4)5/h35-37,39-44,48-52,54-55,58-60,65-67H,9-34H2,1-8H3,(H,56,68)(H,57,62). The summed E-state index contributed by atoms with van der Waals surface area (Å²) < 4.78 is 41.5. The molecule has 8 N–H and O–H groups in total. The molecule has 15 unspecified atom stereocenters. The summed E-state index contributed by atoms with van der Waals surface area (Å²) in [5.41, 5.74) is 0. The summed E-state index contributed by atoms with van der Waals surface area (Å²) in [5, 5.41) is 68.8. The summed E-state index contributed by atoms with van der Waals surface area (Å²) in [4.78, 5) is 66.1. The predicted octanol–water partition coefficient (Wildman–Crippen LogP) is 5.19. The van der Waals surface area contributed by atoms with Crippen molar-refractivity contribution in [1.29, 1.82) is 0 Å². The van der Waals surface area contributed by atoms with Crippen LogP contribution < -0.4 is 10.6 Å². The van der Waals surface area contributed by atoms with Gasteiger partial charge in [0.05, 0.1) is 69.9 Å². The third kappa shape index (κ3) is 26.4. The van der Waals surface area contributed by atoms with E-state index in [9.17, 15) is 54.6 Å². The van der Waals surface area contributed by atoms with Crippen molar-refractivity contribution in [2.24, 2.45) is 17.8 Å². The Morgan fingerprint density at radius 2 is 1.11 bits per heavy atom. The minimum Gasteiger partial charge on any atom is -0.462 e. The van der Waals surface area contributed by atoms with Gasteiger partial charge in [-0.25, -0.2) is 0 Å². The number of unbranched alkanes of at least 4 members (excludes halogenated alkanes) is 12. The van der Waals surface area contributed by atoms with Gasteiger partial charge in [-0.2, -0.15) is 0 Å². The number of amides is 2. The highest BCUT2D eigenvalue weighted by Crippen LogP contribution is 2.34. The Kier molecular flexibility index (Phi) is 34.9. The van der Waals surface area contributed by atoms with Crippen molar-refractivity contribution in [3.8, 4) is 0 Å². The first-order valence-corrected chi connectivity index (χ1v) is 28.4. The first kappa shape index (κ1) is 68.1. The van der Waals surface area contributed by atoms with Crippen LogP contribution >= 0.6 is 0 Å². The van der Waals surface area contributed by atoms with Gasteiger partial charge in [0.2, 0.25) is 11.8 Å². The number of ether oxygens (including phenoxy) is 7. The van der Waals surface area contributed by atoms with Crippen LogP contribution in [0.2, 0.25) is 0 Å². The third-order valence-corrected chi connectivity index (χ3v) is 14.0. The number of aliphatic hydroxyl groups is 6. The Balaban J connectivity index is 2.26. The molecule has 2 fully saturated rings. The minimum absolute atomic E-state index is 0.0540. The van der Waals surface area contributed by atoms with Gasteiger partial charge in [-0.1, -0.05) is 118 Å². The second-order valence-corrected chi connectivity index (χ2v) is 21.4. The number of hydrogen-bond acceptors (Lipinski definition) is 18. The molecular formula is C55H100N2O18. The molecule has 20 nitrogen and oxygen atoms in total. The molecule has 2 rings (SSSR count). The maximum absolute atomic E-state index is 14.0. The summed E-state index contributed by atoms with van der Waals surface area (Å²) in [6.45, 7) is 12.8. The molecule has 0 aromatic rings. The molecule has 2 heterocycles. The van der Waals surface area contributed by atoms with Crippen molar-refractivity contribution in [2.75, 3.05) is 26.4 Å². The van der Waals surface area contributed by atoms with Crippen molar-refractivity contribution in [3.05, 3.63) is 0 Å². The summed E-state index contributed by atoms with van der Waals surface area (Å²) in [7, 11) is 0. The quantitative estimate of drug-likeness (QED) is 0.0222. The van der Waals surface area contributed by atoms with E-state index in [1.165, 1.54) is 13.8 Å². The lowest BCUT2D eigenvalue weighted by molar-refractivity contribution is -0.350. The van der Waals surface area contributed by atoms with E-state index in [0.29, 0.717) is 38.5 Å². The van der Waals surface area contributed by atoms with Gasteiger partial charge in [0.25, 0.3) is 0 Å². The number of hydrogen-bond donors (Lipinski definition) is 8. The lowest BCUT2D eigenvalue weighted by Gasteiger charge is -2.47. The molecule has 0 radical (unpaired) electrons. The highest BCUT2D eigenvalue weighted by atomic mass is 16.7. The topological polar surface area (TPSA) is 295 Å². The number of esters is 3. The number of aliphatic hydroxyl groups excluding tert-OH is 6. The Labute approximate surface area is 447 Å². The van der Waals surface area contributed by atoms with Gasteiger partial charge >= 0.3 is 17.9 Å². The Hall–Kier alpha value is -3.05. The van der Waals surface area contributed by atoms with Crippen LogP contribution in [0.15, 0.2) is 0 Å². The molecule has 0 spiro atoms. The molecule has 15 atom stereocenters. The smallest absolute Gasteiger partial charge is 0.309 e. The van der Waals surface area contributed by atoms with Gasteiger partial charge in [0, 0.05) is 6.92 Å². The molecule has 0 bridgehead atoms. The molecule has 0 aromatic carbocycles. The zero-order chi connectivity index (χ0) is 55.9. The SMILES string of the molecule is CCCCCCCC(COC1OC(C)C(O)C(OC2OC(C)C(O)C(OC(C)=O)C2CO)C1O)CC(=O)OC(CCCCCCC)CC(=O)OC(CCCCCCC)CC(=O)NC(CO)C(=O)NC(CO)CC(C)C. The van der Waals surface area contributed by atoms with Crippen LogP contribution in [-0.4, -0.2) is 166 Å². The highest BCUT2D eigenvalue weighted by Gasteiger charge is 2.51. The van der Waals surface area contributed by atoms with Crippen molar-refractivity contribution in [2.45, 2.75) is 276 Å². The Morgan fingerprint density at radius 1 is 0.600 bits per heavy atom. The van der Waals surface area contributed by atoms with Crippen LogP contribution in [0.3, 0.4) is 0 Å². The first-order valence-electron chi connectivity index (χ1n) is 28.4. The van der Waals surface area contributed by atoms with E-state index in [1.54, 1.807) is 6.92 Å². The van der Waals surface area contributed by atoms with Gasteiger partial charge in [-0.05, 0) is 64.2 Å². The molecule has 438 valence electrons. The number of carbonyl (C=O) groups excluding carboxylic acids is 5. The Morgan fingerprint density at radius 3 is 1.61 bits per heavy atom. The van der Waals surface area contributed by atoms with Crippen LogP contribution in [0.5, 0.6) is 0 Å². The second kappa shape index (κ2) is 38.5. The average Bonchev–Trinajstić information content (AvgIpc) is 3.35. The van der Waals surface area contributed by atoms with Crippen LogP contribution in [0.4, 0.5) is 0 Å². The summed E-state index contributed by atoms with van der Waals surface area (Å²) in [6.07, 6.45) is 2.24. The number of carbonyl (C=O) groups is 5. The fraction of sp³-hybridized carbons (Fsp3) is 0.909. The molecule has 75 heavy (non-hydrogen) atoms. The van der Waals surface area contributed by atoms with Crippen LogP contribution in [-0.2, 0) is 57.1 Å². The fourth-order valence-corrected chi connectivity index (χ4v) is 9.65.